The molecule has 0 aliphatic rings. The quantitative estimate of drug-likeness (QED) is 0.540. The largest absolute Gasteiger partial charge is 0.467 e. The zero-order chi connectivity index (χ0) is 18.8. The molecule has 0 saturated heterocycles. The lowest BCUT2D eigenvalue weighted by Gasteiger charge is -2.13. The highest BCUT2D eigenvalue weighted by Crippen LogP contribution is 2.31. The van der Waals surface area contributed by atoms with Gasteiger partial charge in [0.15, 0.2) is 0 Å². The Kier molecular flexibility index (Phi) is 4.69. The second-order valence-corrected chi connectivity index (χ2v) is 6.73. The molecule has 1 N–H and O–H groups in total. The lowest BCUT2D eigenvalue weighted by Crippen LogP contribution is -2.31. The van der Waals surface area contributed by atoms with Crippen LogP contribution in [0.4, 0.5) is 0 Å². The number of hydrogen-bond donors (Lipinski definition) is 1. The summed E-state index contributed by atoms with van der Waals surface area (Å²) in [4.78, 5) is 12.7. The van der Waals surface area contributed by atoms with Crippen LogP contribution in [0.2, 0.25) is 5.02 Å². The molecule has 4 aromatic rings. The van der Waals surface area contributed by atoms with E-state index < -0.39 is 6.04 Å². The van der Waals surface area contributed by atoms with Crippen molar-refractivity contribution in [2.75, 3.05) is 0 Å². The van der Waals surface area contributed by atoms with Gasteiger partial charge in [-0.3, -0.25) is 9.48 Å². The Morgan fingerprint density at radius 3 is 2.74 bits per heavy atom. The number of carbonyl (C=O) groups is 1. The van der Waals surface area contributed by atoms with Gasteiger partial charge in [0, 0.05) is 16.0 Å². The zero-order valence-corrected chi connectivity index (χ0v) is 15.5. The molecule has 5 nitrogen and oxygen atoms in total. The lowest BCUT2D eigenvalue weighted by molar-refractivity contribution is -0.124. The van der Waals surface area contributed by atoms with E-state index in [9.17, 15) is 4.79 Å². The average molecular weight is 380 g/mol. The van der Waals surface area contributed by atoms with E-state index in [4.69, 9.17) is 21.1 Å². The van der Waals surface area contributed by atoms with Gasteiger partial charge in [0.25, 0.3) is 0 Å². The summed E-state index contributed by atoms with van der Waals surface area (Å²) < 4.78 is 7.00. The fraction of sp³-hybridized carbons (Fsp3) is 0.143. The molecule has 0 bridgehead atoms. The molecule has 0 saturated carbocycles. The first kappa shape index (κ1) is 17.4. The standard InChI is InChI=1S/C21H18ClN3O2/c1-14(21(26)23-13-17-8-5-11-27-17)25-19-10-9-16(22)12-18(19)20(24-25)15-6-3-2-4-7-15/h2-12,14H,13H2,1H3,(H,23,26)/t14-/m0/s1. The SMILES string of the molecule is C[C@@H](C(=O)NCc1ccco1)n1nc(-c2ccccc2)c2cc(Cl)ccc21. The smallest absolute Gasteiger partial charge is 0.244 e. The van der Waals surface area contributed by atoms with Crippen LogP contribution < -0.4 is 5.32 Å². The second kappa shape index (κ2) is 7.29. The Hall–Kier alpha value is -3.05. The number of furan rings is 1. The van der Waals surface area contributed by atoms with Crippen LogP contribution in [-0.4, -0.2) is 15.7 Å². The number of carbonyl (C=O) groups excluding carboxylic acids is 1. The summed E-state index contributed by atoms with van der Waals surface area (Å²) in [6, 6.07) is 18.6. The molecule has 2 heterocycles. The van der Waals surface area contributed by atoms with Crippen LogP contribution in [-0.2, 0) is 11.3 Å². The maximum absolute atomic E-state index is 12.7. The van der Waals surface area contributed by atoms with Crippen molar-refractivity contribution in [2.45, 2.75) is 19.5 Å². The van der Waals surface area contributed by atoms with E-state index in [0.717, 1.165) is 22.2 Å². The molecular weight excluding hydrogens is 362 g/mol. The van der Waals surface area contributed by atoms with Gasteiger partial charge in [-0.1, -0.05) is 41.9 Å². The Bertz CT molecular complexity index is 1070. The summed E-state index contributed by atoms with van der Waals surface area (Å²) in [5, 5.41) is 9.18. The van der Waals surface area contributed by atoms with Crippen LogP contribution in [0, 0.1) is 0 Å². The van der Waals surface area contributed by atoms with Gasteiger partial charge in [-0.05, 0) is 37.3 Å². The third kappa shape index (κ3) is 3.46. The van der Waals surface area contributed by atoms with Crippen LogP contribution in [0.25, 0.3) is 22.2 Å². The molecular formula is C21H18ClN3O2. The highest BCUT2D eigenvalue weighted by Gasteiger charge is 2.21. The molecule has 0 fully saturated rings. The topological polar surface area (TPSA) is 60.1 Å². The number of nitrogens with one attached hydrogen (secondary N) is 1. The molecule has 6 heteroatoms. The summed E-state index contributed by atoms with van der Waals surface area (Å²) in [6.07, 6.45) is 1.59. The van der Waals surface area contributed by atoms with Crippen molar-refractivity contribution in [1.82, 2.24) is 15.1 Å². The molecule has 1 atom stereocenters. The third-order valence-corrected chi connectivity index (χ3v) is 4.71. The molecule has 0 aliphatic carbocycles. The summed E-state index contributed by atoms with van der Waals surface area (Å²) >= 11 is 6.21. The Morgan fingerprint density at radius 1 is 1.19 bits per heavy atom. The number of nitrogens with zero attached hydrogens (tertiary/aromatic N) is 2. The van der Waals surface area contributed by atoms with Crippen molar-refractivity contribution in [3.8, 4) is 11.3 Å². The maximum atomic E-state index is 12.7. The molecule has 4 rings (SSSR count). The number of aromatic nitrogens is 2. The Morgan fingerprint density at radius 2 is 2.00 bits per heavy atom. The molecule has 0 spiro atoms. The van der Waals surface area contributed by atoms with E-state index in [1.165, 1.54) is 0 Å². The molecule has 1 amide bonds. The molecule has 27 heavy (non-hydrogen) atoms. The highest BCUT2D eigenvalue weighted by molar-refractivity contribution is 6.31. The van der Waals surface area contributed by atoms with E-state index in [2.05, 4.69) is 5.32 Å². The summed E-state index contributed by atoms with van der Waals surface area (Å²) in [7, 11) is 0. The van der Waals surface area contributed by atoms with Gasteiger partial charge in [0.2, 0.25) is 5.91 Å². The van der Waals surface area contributed by atoms with Crippen LogP contribution in [0.3, 0.4) is 0 Å². The van der Waals surface area contributed by atoms with Crippen molar-refractivity contribution in [3.05, 3.63) is 77.7 Å². The number of fused-ring (bicyclic) bond motifs is 1. The summed E-state index contributed by atoms with van der Waals surface area (Å²) in [5.74, 6) is 0.572. The fourth-order valence-corrected chi connectivity index (χ4v) is 3.24. The lowest BCUT2D eigenvalue weighted by atomic mass is 10.1. The van der Waals surface area contributed by atoms with Crippen LogP contribution in [0.1, 0.15) is 18.7 Å². The van der Waals surface area contributed by atoms with E-state index in [1.54, 1.807) is 17.0 Å². The Balaban J connectivity index is 1.69. The minimum atomic E-state index is -0.485. The van der Waals surface area contributed by atoms with Crippen LogP contribution in [0.15, 0.2) is 71.3 Å². The van der Waals surface area contributed by atoms with Crippen LogP contribution in [0.5, 0.6) is 0 Å². The summed E-state index contributed by atoms with van der Waals surface area (Å²) in [5.41, 5.74) is 2.64. The van der Waals surface area contributed by atoms with Gasteiger partial charge < -0.3 is 9.73 Å². The minimum Gasteiger partial charge on any atom is -0.467 e. The molecule has 2 aromatic carbocycles. The van der Waals surface area contributed by atoms with Crippen molar-refractivity contribution >= 4 is 28.4 Å². The van der Waals surface area contributed by atoms with Crippen molar-refractivity contribution in [2.24, 2.45) is 0 Å². The molecule has 0 aliphatic heterocycles. The van der Waals surface area contributed by atoms with Gasteiger partial charge in [0.05, 0.1) is 18.3 Å². The summed E-state index contributed by atoms with van der Waals surface area (Å²) in [6.45, 7) is 2.17. The van der Waals surface area contributed by atoms with Gasteiger partial charge in [-0.25, -0.2) is 0 Å². The first-order valence-electron chi connectivity index (χ1n) is 8.67. The minimum absolute atomic E-state index is 0.134. The number of hydrogen-bond acceptors (Lipinski definition) is 3. The predicted molar refractivity (Wildman–Crippen MR) is 105 cm³/mol. The van der Waals surface area contributed by atoms with Gasteiger partial charge in [0.1, 0.15) is 17.5 Å². The first-order chi connectivity index (χ1) is 13.1. The van der Waals surface area contributed by atoms with Gasteiger partial charge in [-0.2, -0.15) is 5.10 Å². The van der Waals surface area contributed by atoms with E-state index in [0.29, 0.717) is 17.3 Å². The van der Waals surface area contributed by atoms with Crippen molar-refractivity contribution < 1.29 is 9.21 Å². The highest BCUT2D eigenvalue weighted by atomic mass is 35.5. The monoisotopic (exact) mass is 379 g/mol. The van der Waals surface area contributed by atoms with Gasteiger partial charge in [-0.15, -0.1) is 0 Å². The first-order valence-corrected chi connectivity index (χ1v) is 9.04. The van der Waals surface area contributed by atoms with Crippen molar-refractivity contribution in [3.63, 3.8) is 0 Å². The predicted octanol–water partition coefficient (Wildman–Crippen LogP) is 4.83. The second-order valence-electron chi connectivity index (χ2n) is 6.29. The van der Waals surface area contributed by atoms with E-state index in [1.807, 2.05) is 61.5 Å². The fourth-order valence-electron chi connectivity index (χ4n) is 3.06. The molecule has 136 valence electrons. The molecule has 0 unspecified atom stereocenters. The van der Waals surface area contributed by atoms with Gasteiger partial charge >= 0.3 is 0 Å². The Labute approximate surface area is 161 Å². The van der Waals surface area contributed by atoms with E-state index >= 15 is 0 Å². The van der Waals surface area contributed by atoms with Crippen molar-refractivity contribution in [1.29, 1.82) is 0 Å². The zero-order valence-electron chi connectivity index (χ0n) is 14.7. The number of rotatable bonds is 5. The van der Waals surface area contributed by atoms with Crippen LogP contribution >= 0.6 is 11.6 Å². The third-order valence-electron chi connectivity index (χ3n) is 4.48. The number of halogens is 1. The molecule has 2 aromatic heterocycles. The van der Waals surface area contributed by atoms with E-state index in [-0.39, 0.29) is 5.91 Å². The average Bonchev–Trinajstić information content (AvgIpc) is 3.33. The molecule has 0 radical (unpaired) electrons. The number of benzene rings is 2. The number of amides is 1. The maximum Gasteiger partial charge on any atom is 0.244 e. The normalized spacial score (nSPS) is 12.2.